The first-order valence-corrected chi connectivity index (χ1v) is 6.84. The van der Waals surface area contributed by atoms with Crippen molar-refractivity contribution >= 4 is 16.8 Å². The van der Waals surface area contributed by atoms with Crippen molar-refractivity contribution in [2.75, 3.05) is 6.54 Å². The normalized spacial score (nSPS) is 23.4. The van der Waals surface area contributed by atoms with Crippen LogP contribution in [0.15, 0.2) is 30.5 Å². The molecule has 1 aliphatic rings. The summed E-state index contributed by atoms with van der Waals surface area (Å²) in [5, 5.41) is 7.60. The van der Waals surface area contributed by atoms with Crippen molar-refractivity contribution in [3.05, 3.63) is 36.0 Å². The second kappa shape index (κ2) is 5.05. The lowest BCUT2D eigenvalue weighted by Gasteiger charge is -2.28. The number of aromatic amines is 1. The van der Waals surface area contributed by atoms with Gasteiger partial charge in [0.15, 0.2) is 0 Å². The highest BCUT2D eigenvalue weighted by atomic mass is 16.1. The van der Waals surface area contributed by atoms with Gasteiger partial charge in [0.1, 0.15) is 0 Å². The number of hydrogen-bond donors (Lipinski definition) is 3. The van der Waals surface area contributed by atoms with Crippen molar-refractivity contribution in [3.8, 4) is 0 Å². The molecule has 0 radical (unpaired) electrons. The maximum atomic E-state index is 12.2. The van der Waals surface area contributed by atoms with Gasteiger partial charge < -0.3 is 15.6 Å². The van der Waals surface area contributed by atoms with E-state index >= 15 is 0 Å². The number of benzene rings is 1. The molecule has 4 nitrogen and oxygen atoms in total. The third-order valence-electron chi connectivity index (χ3n) is 3.77. The molecule has 100 valence electrons. The summed E-state index contributed by atoms with van der Waals surface area (Å²) in [6.07, 6.45) is 3.89. The van der Waals surface area contributed by atoms with E-state index < -0.39 is 0 Å². The van der Waals surface area contributed by atoms with E-state index in [1.807, 2.05) is 30.5 Å². The summed E-state index contributed by atoms with van der Waals surface area (Å²) in [4.78, 5) is 15.4. The fourth-order valence-corrected chi connectivity index (χ4v) is 2.73. The van der Waals surface area contributed by atoms with Gasteiger partial charge in [0, 0.05) is 34.7 Å². The molecule has 0 bridgehead atoms. The predicted octanol–water partition coefficient (Wildman–Crippen LogP) is 2.04. The lowest BCUT2D eigenvalue weighted by Crippen LogP contribution is -2.46. The summed E-state index contributed by atoms with van der Waals surface area (Å²) in [6.45, 7) is 3.13. The fourth-order valence-electron chi connectivity index (χ4n) is 2.73. The molecular weight excluding hydrogens is 238 g/mol. The molecule has 3 rings (SSSR count). The fraction of sp³-hybridized carbons (Fsp3) is 0.400. The molecule has 1 saturated heterocycles. The van der Waals surface area contributed by atoms with Crippen molar-refractivity contribution in [1.29, 1.82) is 0 Å². The second-order valence-corrected chi connectivity index (χ2v) is 5.33. The molecule has 1 amide bonds. The van der Waals surface area contributed by atoms with E-state index in [9.17, 15) is 4.79 Å². The number of aromatic nitrogens is 1. The first kappa shape index (κ1) is 12.2. The summed E-state index contributed by atoms with van der Waals surface area (Å²) in [5.74, 6) is 0.0298. The van der Waals surface area contributed by atoms with Gasteiger partial charge in [0.05, 0.1) is 0 Å². The third-order valence-corrected chi connectivity index (χ3v) is 3.77. The highest BCUT2D eigenvalue weighted by Gasteiger charge is 2.20. The number of carbonyl (C=O) groups excluding carboxylic acids is 1. The van der Waals surface area contributed by atoms with Crippen LogP contribution in [0.4, 0.5) is 0 Å². The summed E-state index contributed by atoms with van der Waals surface area (Å²) in [5.41, 5.74) is 1.80. The van der Waals surface area contributed by atoms with Gasteiger partial charge in [-0.15, -0.1) is 0 Å². The zero-order chi connectivity index (χ0) is 13.2. The number of H-pyrrole nitrogens is 1. The Balaban J connectivity index is 1.72. The van der Waals surface area contributed by atoms with Crippen molar-refractivity contribution in [2.24, 2.45) is 0 Å². The predicted molar refractivity (Wildman–Crippen MR) is 76.3 cm³/mol. The van der Waals surface area contributed by atoms with Crippen molar-refractivity contribution in [3.63, 3.8) is 0 Å². The molecule has 2 aromatic rings. The van der Waals surface area contributed by atoms with Crippen LogP contribution < -0.4 is 10.6 Å². The maximum absolute atomic E-state index is 12.2. The minimum atomic E-state index is 0.0298. The van der Waals surface area contributed by atoms with E-state index in [4.69, 9.17) is 0 Å². The minimum absolute atomic E-state index is 0.0298. The number of piperidine rings is 1. The van der Waals surface area contributed by atoms with Crippen LogP contribution in [0.2, 0.25) is 0 Å². The minimum Gasteiger partial charge on any atom is -0.361 e. The third kappa shape index (κ3) is 2.63. The highest BCUT2D eigenvalue weighted by molar-refractivity contribution is 5.98. The molecule has 4 heteroatoms. The van der Waals surface area contributed by atoms with Gasteiger partial charge in [-0.05, 0) is 50.6 Å². The van der Waals surface area contributed by atoms with Crippen molar-refractivity contribution in [1.82, 2.24) is 15.6 Å². The van der Waals surface area contributed by atoms with Crippen LogP contribution in [0.5, 0.6) is 0 Å². The maximum Gasteiger partial charge on any atom is 0.251 e. The lowest BCUT2D eigenvalue weighted by atomic mass is 10.00. The van der Waals surface area contributed by atoms with E-state index in [1.165, 1.54) is 0 Å². The van der Waals surface area contributed by atoms with Crippen LogP contribution in [0.1, 0.15) is 30.1 Å². The van der Waals surface area contributed by atoms with Gasteiger partial charge in [-0.2, -0.15) is 0 Å². The number of fused-ring (bicyclic) bond motifs is 1. The van der Waals surface area contributed by atoms with E-state index in [0.717, 1.165) is 35.9 Å². The first-order chi connectivity index (χ1) is 9.22. The molecule has 1 aliphatic heterocycles. The number of carbonyl (C=O) groups is 1. The van der Waals surface area contributed by atoms with Gasteiger partial charge in [-0.3, -0.25) is 4.79 Å². The van der Waals surface area contributed by atoms with Crippen LogP contribution in [-0.2, 0) is 0 Å². The van der Waals surface area contributed by atoms with Crippen LogP contribution in [0.25, 0.3) is 10.9 Å². The Labute approximate surface area is 112 Å². The lowest BCUT2D eigenvalue weighted by molar-refractivity contribution is 0.0926. The van der Waals surface area contributed by atoms with Crippen LogP contribution in [0, 0.1) is 0 Å². The Morgan fingerprint density at radius 1 is 1.37 bits per heavy atom. The molecule has 0 saturated carbocycles. The summed E-state index contributed by atoms with van der Waals surface area (Å²) in [6, 6.07) is 8.51. The zero-order valence-corrected chi connectivity index (χ0v) is 11.1. The molecule has 3 N–H and O–H groups in total. The Bertz CT molecular complexity index is 590. The van der Waals surface area contributed by atoms with E-state index in [-0.39, 0.29) is 11.9 Å². The molecule has 1 fully saturated rings. The van der Waals surface area contributed by atoms with E-state index in [1.54, 1.807) is 0 Å². The average molecular weight is 257 g/mol. The molecule has 2 heterocycles. The highest BCUT2D eigenvalue weighted by Crippen LogP contribution is 2.15. The van der Waals surface area contributed by atoms with Crippen molar-refractivity contribution in [2.45, 2.75) is 31.8 Å². The quantitative estimate of drug-likeness (QED) is 0.771. The summed E-state index contributed by atoms with van der Waals surface area (Å²) < 4.78 is 0. The summed E-state index contributed by atoms with van der Waals surface area (Å²) in [7, 11) is 0. The molecule has 0 aliphatic carbocycles. The van der Waals surface area contributed by atoms with Crippen LogP contribution >= 0.6 is 0 Å². The number of hydrogen-bond acceptors (Lipinski definition) is 2. The Kier molecular flexibility index (Phi) is 3.25. The first-order valence-electron chi connectivity index (χ1n) is 6.84. The molecule has 0 spiro atoms. The smallest absolute Gasteiger partial charge is 0.251 e. The monoisotopic (exact) mass is 257 g/mol. The molecule has 1 aromatic carbocycles. The number of nitrogens with one attached hydrogen (secondary N) is 3. The van der Waals surface area contributed by atoms with Crippen LogP contribution in [-0.4, -0.2) is 29.5 Å². The topological polar surface area (TPSA) is 56.9 Å². The molecule has 2 atom stereocenters. The van der Waals surface area contributed by atoms with Gasteiger partial charge in [-0.1, -0.05) is 0 Å². The number of rotatable bonds is 2. The Morgan fingerprint density at radius 2 is 2.26 bits per heavy atom. The largest absolute Gasteiger partial charge is 0.361 e. The molecular formula is C15H19N3O. The van der Waals surface area contributed by atoms with Gasteiger partial charge in [0.2, 0.25) is 0 Å². The SMILES string of the molecule is CC1CC(NC(=O)c2ccc3[nH]ccc3c2)CCN1. The Morgan fingerprint density at radius 3 is 3.11 bits per heavy atom. The standard InChI is InChI=1S/C15H19N3O/c1-10-8-13(5-7-16-10)18-15(19)12-2-3-14-11(9-12)4-6-17-14/h2-4,6,9-10,13,16-17H,5,7-8H2,1H3,(H,18,19). The zero-order valence-electron chi connectivity index (χ0n) is 11.1. The average Bonchev–Trinajstić information content (AvgIpc) is 2.85. The van der Waals surface area contributed by atoms with Crippen molar-refractivity contribution < 1.29 is 4.79 Å². The van der Waals surface area contributed by atoms with E-state index in [0.29, 0.717) is 6.04 Å². The van der Waals surface area contributed by atoms with Gasteiger partial charge in [-0.25, -0.2) is 0 Å². The molecule has 19 heavy (non-hydrogen) atoms. The van der Waals surface area contributed by atoms with Crippen LogP contribution in [0.3, 0.4) is 0 Å². The Hall–Kier alpha value is -1.81. The second-order valence-electron chi connectivity index (χ2n) is 5.33. The molecule has 2 unspecified atom stereocenters. The summed E-state index contributed by atoms with van der Waals surface area (Å²) >= 11 is 0. The number of amides is 1. The van der Waals surface area contributed by atoms with E-state index in [2.05, 4.69) is 22.5 Å². The molecule has 1 aromatic heterocycles. The van der Waals surface area contributed by atoms with Gasteiger partial charge in [0.25, 0.3) is 5.91 Å². The van der Waals surface area contributed by atoms with Gasteiger partial charge >= 0.3 is 0 Å².